The third-order valence-electron chi connectivity index (χ3n) is 5.42. The standard InChI is InChI=1S/C20H21FN6O/c1-26-9-13(7-24-26)5-15-6-16-11-28-10-14-3-2-4-18(21)17(14)8-22-19(16)27-12-23-25-20(15)27/h2-4,6-7,9,12,14,17,22H,5,8,10-11H2,1H3. The summed E-state index contributed by atoms with van der Waals surface area (Å²) in [5.41, 5.74) is 3.95. The molecule has 1 aliphatic heterocycles. The van der Waals surface area contributed by atoms with Crippen molar-refractivity contribution in [1.82, 2.24) is 24.4 Å². The van der Waals surface area contributed by atoms with Crippen LogP contribution in [0.2, 0.25) is 0 Å². The third kappa shape index (κ3) is 2.99. The predicted molar refractivity (Wildman–Crippen MR) is 102 cm³/mol. The zero-order valence-electron chi connectivity index (χ0n) is 15.5. The molecular formula is C20H21FN6O. The Morgan fingerprint density at radius 3 is 3.18 bits per heavy atom. The zero-order valence-corrected chi connectivity index (χ0v) is 15.5. The van der Waals surface area contributed by atoms with E-state index in [1.54, 1.807) is 17.1 Å². The molecule has 8 heteroatoms. The maximum absolute atomic E-state index is 14.4. The van der Waals surface area contributed by atoms with Gasteiger partial charge in [-0.2, -0.15) is 5.10 Å². The number of fused-ring (bicyclic) bond motifs is 4. The van der Waals surface area contributed by atoms with Crippen molar-refractivity contribution in [1.29, 1.82) is 0 Å². The quantitative estimate of drug-likeness (QED) is 0.740. The molecule has 0 amide bonds. The molecule has 2 unspecified atom stereocenters. The molecule has 0 aromatic carbocycles. The van der Waals surface area contributed by atoms with Crippen molar-refractivity contribution in [2.75, 3.05) is 18.5 Å². The topological polar surface area (TPSA) is 69.3 Å². The van der Waals surface area contributed by atoms with E-state index in [1.165, 1.54) is 6.08 Å². The van der Waals surface area contributed by atoms with Gasteiger partial charge in [0.2, 0.25) is 0 Å². The molecule has 0 saturated heterocycles. The van der Waals surface area contributed by atoms with Gasteiger partial charge >= 0.3 is 0 Å². The predicted octanol–water partition coefficient (Wildman–Crippen LogP) is 2.65. The second-order valence-electron chi connectivity index (χ2n) is 7.37. The van der Waals surface area contributed by atoms with Gasteiger partial charge in [0.1, 0.15) is 18.0 Å². The molecule has 0 radical (unpaired) electrons. The molecule has 0 spiro atoms. The number of hydrogen-bond donors (Lipinski definition) is 1. The van der Waals surface area contributed by atoms with Crippen LogP contribution in [0, 0.1) is 11.8 Å². The van der Waals surface area contributed by atoms with Gasteiger partial charge in [0.15, 0.2) is 5.65 Å². The molecule has 1 aliphatic carbocycles. The van der Waals surface area contributed by atoms with E-state index in [1.807, 2.05) is 29.9 Å². The molecule has 0 fully saturated rings. The number of ether oxygens (including phenoxy) is 1. The molecule has 2 aliphatic rings. The Kier molecular flexibility index (Phi) is 4.20. The summed E-state index contributed by atoms with van der Waals surface area (Å²) >= 11 is 0. The first-order chi connectivity index (χ1) is 13.7. The highest BCUT2D eigenvalue weighted by atomic mass is 19.1. The average molecular weight is 380 g/mol. The molecule has 2 atom stereocenters. The zero-order chi connectivity index (χ0) is 19.1. The smallest absolute Gasteiger partial charge is 0.165 e. The van der Waals surface area contributed by atoms with Gasteiger partial charge in [-0.25, -0.2) is 4.39 Å². The van der Waals surface area contributed by atoms with Gasteiger partial charge in [0, 0.05) is 49.2 Å². The van der Waals surface area contributed by atoms with E-state index in [2.05, 4.69) is 26.7 Å². The monoisotopic (exact) mass is 380 g/mol. The van der Waals surface area contributed by atoms with Gasteiger partial charge in [0.05, 0.1) is 19.4 Å². The highest BCUT2D eigenvalue weighted by Gasteiger charge is 2.28. The van der Waals surface area contributed by atoms with Crippen molar-refractivity contribution >= 4 is 11.5 Å². The molecule has 144 valence electrons. The number of anilines is 1. The maximum Gasteiger partial charge on any atom is 0.165 e. The minimum Gasteiger partial charge on any atom is -0.376 e. The lowest BCUT2D eigenvalue weighted by molar-refractivity contribution is 0.0866. The number of rotatable bonds is 2. The summed E-state index contributed by atoms with van der Waals surface area (Å²) < 4.78 is 24.1. The third-order valence-corrected chi connectivity index (χ3v) is 5.42. The summed E-state index contributed by atoms with van der Waals surface area (Å²) in [6.45, 7) is 1.42. The Bertz CT molecular complexity index is 1080. The molecule has 3 aromatic heterocycles. The molecule has 0 saturated carbocycles. The van der Waals surface area contributed by atoms with Crippen LogP contribution in [0.1, 0.15) is 16.7 Å². The Hall–Kier alpha value is -3.00. The SMILES string of the molecule is Cn1cc(Cc2cc3c(n4cnnc24)NCC2C(F)=CC=CC2COC3)cn1. The highest BCUT2D eigenvalue weighted by Crippen LogP contribution is 2.32. The number of hydrogen-bond acceptors (Lipinski definition) is 5. The van der Waals surface area contributed by atoms with Gasteiger partial charge in [-0.1, -0.05) is 12.2 Å². The lowest BCUT2D eigenvalue weighted by atomic mass is 9.88. The normalized spacial score (nSPS) is 21.9. The van der Waals surface area contributed by atoms with Crippen LogP contribution in [0.15, 0.2) is 48.8 Å². The van der Waals surface area contributed by atoms with Crippen LogP contribution in [-0.2, 0) is 24.8 Å². The summed E-state index contributed by atoms with van der Waals surface area (Å²) in [5, 5.41) is 16.1. The summed E-state index contributed by atoms with van der Waals surface area (Å²) in [5.74, 6) is 0.536. The second kappa shape index (κ2) is 6.87. The minimum absolute atomic E-state index is 0.0260. The molecule has 0 bridgehead atoms. The van der Waals surface area contributed by atoms with E-state index in [0.717, 1.165) is 28.2 Å². The summed E-state index contributed by atoms with van der Waals surface area (Å²) in [6, 6.07) is 2.11. The Morgan fingerprint density at radius 2 is 2.32 bits per heavy atom. The van der Waals surface area contributed by atoms with Crippen LogP contribution in [0.4, 0.5) is 10.2 Å². The lowest BCUT2D eigenvalue weighted by Gasteiger charge is -2.25. The average Bonchev–Trinajstić information content (AvgIpc) is 3.32. The van der Waals surface area contributed by atoms with E-state index in [9.17, 15) is 4.39 Å². The molecule has 3 aromatic rings. The van der Waals surface area contributed by atoms with E-state index in [-0.39, 0.29) is 17.7 Å². The fourth-order valence-corrected chi connectivity index (χ4v) is 4.02. The van der Waals surface area contributed by atoms with Crippen molar-refractivity contribution in [3.05, 3.63) is 65.5 Å². The van der Waals surface area contributed by atoms with Gasteiger partial charge in [-0.15, -0.1) is 10.2 Å². The number of nitrogens with zero attached hydrogens (tertiary/aromatic N) is 5. The molecule has 5 rings (SSSR count). The number of nitrogens with one attached hydrogen (secondary N) is 1. The van der Waals surface area contributed by atoms with Crippen LogP contribution in [0.5, 0.6) is 0 Å². The number of pyridine rings is 1. The van der Waals surface area contributed by atoms with Crippen molar-refractivity contribution < 1.29 is 9.13 Å². The first kappa shape index (κ1) is 17.1. The van der Waals surface area contributed by atoms with Gasteiger partial charge in [0.25, 0.3) is 0 Å². The van der Waals surface area contributed by atoms with E-state index >= 15 is 0 Å². The van der Waals surface area contributed by atoms with Crippen molar-refractivity contribution in [3.8, 4) is 0 Å². The van der Waals surface area contributed by atoms with Gasteiger partial charge in [-0.05, 0) is 17.7 Å². The Morgan fingerprint density at radius 1 is 1.39 bits per heavy atom. The molecule has 1 N–H and O–H groups in total. The van der Waals surface area contributed by atoms with Crippen LogP contribution < -0.4 is 5.32 Å². The van der Waals surface area contributed by atoms with Crippen molar-refractivity contribution in [3.63, 3.8) is 0 Å². The fourth-order valence-electron chi connectivity index (χ4n) is 4.02. The first-order valence-corrected chi connectivity index (χ1v) is 9.36. The minimum atomic E-state index is -0.238. The largest absolute Gasteiger partial charge is 0.376 e. The van der Waals surface area contributed by atoms with Crippen molar-refractivity contribution in [2.24, 2.45) is 18.9 Å². The molecule has 7 nitrogen and oxygen atoms in total. The number of aromatic nitrogens is 5. The van der Waals surface area contributed by atoms with Gasteiger partial charge in [-0.3, -0.25) is 9.08 Å². The molecule has 28 heavy (non-hydrogen) atoms. The number of allylic oxidation sites excluding steroid dienone is 2. The van der Waals surface area contributed by atoms with E-state index < -0.39 is 0 Å². The molecule has 4 heterocycles. The Labute approximate surface area is 161 Å². The number of aryl methyl sites for hydroxylation is 1. The highest BCUT2D eigenvalue weighted by molar-refractivity contribution is 5.60. The van der Waals surface area contributed by atoms with Crippen LogP contribution in [-0.4, -0.2) is 37.5 Å². The van der Waals surface area contributed by atoms with Crippen molar-refractivity contribution in [2.45, 2.75) is 13.0 Å². The summed E-state index contributed by atoms with van der Waals surface area (Å²) in [4.78, 5) is 0. The van der Waals surface area contributed by atoms with Crippen LogP contribution in [0.3, 0.4) is 0 Å². The first-order valence-electron chi connectivity index (χ1n) is 9.36. The second-order valence-corrected chi connectivity index (χ2v) is 7.37. The fraction of sp³-hybridized carbons (Fsp3) is 0.350. The number of halogens is 1. The lowest BCUT2D eigenvalue weighted by Crippen LogP contribution is -2.27. The van der Waals surface area contributed by atoms with Gasteiger partial charge < -0.3 is 10.1 Å². The van der Waals surface area contributed by atoms with Crippen LogP contribution in [0.25, 0.3) is 5.65 Å². The summed E-state index contributed by atoms with van der Waals surface area (Å²) in [6.07, 6.45) is 11.6. The van der Waals surface area contributed by atoms with E-state index in [0.29, 0.717) is 26.2 Å². The van der Waals surface area contributed by atoms with E-state index in [4.69, 9.17) is 4.74 Å². The maximum atomic E-state index is 14.4. The van der Waals surface area contributed by atoms with Crippen LogP contribution >= 0.6 is 0 Å². The molecular weight excluding hydrogens is 359 g/mol. The summed E-state index contributed by atoms with van der Waals surface area (Å²) in [7, 11) is 1.90. The Balaban J connectivity index is 1.53.